The van der Waals surface area contributed by atoms with Crippen LogP contribution in [0.1, 0.15) is 118 Å². The molecule has 7 aliphatic rings. The van der Waals surface area contributed by atoms with E-state index < -0.39 is 35.3 Å². The molecule has 2 aliphatic carbocycles. The highest BCUT2D eigenvalue weighted by Gasteiger charge is 2.51. The molecule has 2 atom stereocenters. The molecule has 12 rings (SSSR count). The Labute approximate surface area is 422 Å². The zero-order chi connectivity index (χ0) is 50.2. The van der Waals surface area contributed by atoms with Gasteiger partial charge in [0.2, 0.25) is 11.8 Å². The second kappa shape index (κ2) is 18.8. The molecule has 3 N–H and O–H groups in total. The Morgan fingerprint density at radius 3 is 2.44 bits per heavy atom. The number of nitrogens with zero attached hydrogens (tertiary/aromatic N) is 6. The molecule has 2 spiro atoms. The van der Waals surface area contributed by atoms with Gasteiger partial charge in [-0.3, -0.25) is 24.7 Å². The number of benzene rings is 3. The largest absolute Gasteiger partial charge is 0.508 e. The first kappa shape index (κ1) is 48.1. The minimum absolute atomic E-state index is 0.0253. The number of imide groups is 1. The smallest absolute Gasteiger partial charge is 0.319 e. The van der Waals surface area contributed by atoms with Crippen molar-refractivity contribution in [3.63, 3.8) is 0 Å². The number of pyridine rings is 1. The van der Waals surface area contributed by atoms with Crippen LogP contribution in [0.25, 0.3) is 32.9 Å². The maximum Gasteiger partial charge on any atom is 0.319 e. The molecule has 3 amide bonds. The third-order valence-electron chi connectivity index (χ3n) is 17.8. The summed E-state index contributed by atoms with van der Waals surface area (Å²) in [4.78, 5) is 58.2. The zero-order valence-electron chi connectivity index (χ0n) is 41.4. The molecule has 5 aliphatic heterocycles. The van der Waals surface area contributed by atoms with Gasteiger partial charge >= 0.3 is 6.01 Å². The number of hydrogen-bond acceptors (Lipinski definition) is 12. The molecule has 5 saturated heterocycles. The number of ether oxygens (including phenoxy) is 2. The van der Waals surface area contributed by atoms with E-state index in [9.17, 15) is 19.5 Å². The monoisotopic (exact) mass is 1000 g/mol. The van der Waals surface area contributed by atoms with Crippen LogP contribution in [0.15, 0.2) is 48.7 Å². The van der Waals surface area contributed by atoms with Gasteiger partial charge in [0.1, 0.15) is 40.5 Å². The van der Waals surface area contributed by atoms with Crippen molar-refractivity contribution in [1.29, 1.82) is 0 Å². The van der Waals surface area contributed by atoms with Gasteiger partial charge in [0.05, 0.1) is 29.8 Å². The Kier molecular flexibility index (Phi) is 12.4. The number of anilines is 1. The molecular formula is C56H63F3N8O6. The van der Waals surface area contributed by atoms with Crippen molar-refractivity contribution in [2.45, 2.75) is 120 Å². The first-order chi connectivity index (χ1) is 35.3. The summed E-state index contributed by atoms with van der Waals surface area (Å²) in [6, 6.07) is 10.6. The fourth-order valence-electron chi connectivity index (χ4n) is 13.2. The van der Waals surface area contributed by atoms with Gasteiger partial charge in [0.25, 0.3) is 5.91 Å². The van der Waals surface area contributed by atoms with E-state index in [4.69, 9.17) is 19.4 Å². The fraction of sp³-hybridized carbons (Fsp3) is 0.536. The maximum absolute atomic E-state index is 17.2. The minimum Gasteiger partial charge on any atom is -0.508 e. The van der Waals surface area contributed by atoms with Gasteiger partial charge in [-0.05, 0) is 167 Å². The zero-order valence-corrected chi connectivity index (χ0v) is 41.4. The Morgan fingerprint density at radius 1 is 0.932 bits per heavy atom. The highest BCUT2D eigenvalue weighted by atomic mass is 19.1. The summed E-state index contributed by atoms with van der Waals surface area (Å²) in [5.74, 6) is -2.60. The number of nitrogens with one attached hydrogen (secondary N) is 2. The number of halogens is 3. The van der Waals surface area contributed by atoms with Crippen LogP contribution in [0.5, 0.6) is 11.8 Å². The minimum atomic E-state index is -0.862. The molecule has 73 heavy (non-hydrogen) atoms. The van der Waals surface area contributed by atoms with Gasteiger partial charge in [0.15, 0.2) is 5.82 Å². The molecule has 2 aromatic heterocycles. The summed E-state index contributed by atoms with van der Waals surface area (Å²) in [5.41, 5.74) is 1.61. The number of phenolic OH excluding ortho intramolecular Hbond substituents is 1. The molecule has 0 bridgehead atoms. The number of rotatable bonds is 12. The first-order valence-corrected chi connectivity index (χ1v) is 26.5. The molecule has 2 saturated carbocycles. The van der Waals surface area contributed by atoms with Gasteiger partial charge in [-0.2, -0.15) is 9.97 Å². The summed E-state index contributed by atoms with van der Waals surface area (Å²) in [6.07, 6.45) is 13.7. The first-order valence-electron chi connectivity index (χ1n) is 26.5. The lowest BCUT2D eigenvalue weighted by atomic mass is 9.59. The van der Waals surface area contributed by atoms with Crippen molar-refractivity contribution < 1.29 is 42.1 Å². The quantitative estimate of drug-likeness (QED) is 0.103. The van der Waals surface area contributed by atoms with E-state index in [1.807, 2.05) is 13.0 Å². The van der Waals surface area contributed by atoms with E-state index in [1.54, 1.807) is 18.3 Å². The van der Waals surface area contributed by atoms with E-state index in [-0.39, 0.29) is 64.2 Å². The van der Waals surface area contributed by atoms with Crippen LogP contribution in [0, 0.1) is 28.3 Å². The highest BCUT2D eigenvalue weighted by molar-refractivity contribution is 6.04. The van der Waals surface area contributed by atoms with Crippen LogP contribution in [0.4, 0.5) is 19.0 Å². The van der Waals surface area contributed by atoms with Crippen LogP contribution in [-0.4, -0.2) is 124 Å². The number of amides is 3. The average molecular weight is 1000 g/mol. The molecule has 0 radical (unpaired) electrons. The number of aromatic hydroxyl groups is 1. The second-order valence-corrected chi connectivity index (χ2v) is 22.4. The summed E-state index contributed by atoms with van der Waals surface area (Å²) >= 11 is 0. The van der Waals surface area contributed by atoms with Gasteiger partial charge in [-0.15, -0.1) is 0 Å². The number of hydrogen-bond donors (Lipinski definition) is 3. The van der Waals surface area contributed by atoms with Gasteiger partial charge in [-0.1, -0.05) is 19.1 Å². The topological polar surface area (TPSA) is 162 Å². The predicted molar refractivity (Wildman–Crippen MR) is 268 cm³/mol. The molecule has 5 aromatic rings. The van der Waals surface area contributed by atoms with Crippen LogP contribution >= 0.6 is 0 Å². The number of carbonyl (C=O) groups is 3. The lowest BCUT2D eigenvalue weighted by molar-refractivity contribution is -0.151. The molecule has 1 unspecified atom stereocenters. The number of aryl methyl sites for hydroxylation is 1. The van der Waals surface area contributed by atoms with E-state index in [2.05, 4.69) is 30.3 Å². The van der Waals surface area contributed by atoms with E-state index in [0.29, 0.717) is 64.1 Å². The van der Waals surface area contributed by atoms with Crippen LogP contribution in [0.2, 0.25) is 0 Å². The van der Waals surface area contributed by atoms with Crippen molar-refractivity contribution in [1.82, 2.24) is 35.4 Å². The van der Waals surface area contributed by atoms with Gasteiger partial charge in [0, 0.05) is 55.7 Å². The Balaban J connectivity index is 0.675. The molecular weight excluding hydrogens is 938 g/mol. The maximum atomic E-state index is 17.2. The number of carbonyl (C=O) groups excluding carboxylic acids is 3. The lowest BCUT2D eigenvalue weighted by Crippen LogP contribution is -2.56. The second-order valence-electron chi connectivity index (χ2n) is 22.4. The van der Waals surface area contributed by atoms with E-state index in [1.165, 1.54) is 37.1 Å². The number of piperidine rings is 4. The number of fused-ring (bicyclic) bond motifs is 2. The van der Waals surface area contributed by atoms with Crippen LogP contribution in [-0.2, 0) is 20.7 Å². The predicted octanol–water partition coefficient (Wildman–Crippen LogP) is 8.11. The Hall–Kier alpha value is -5.91. The van der Waals surface area contributed by atoms with Crippen molar-refractivity contribution in [2.24, 2.45) is 10.8 Å². The van der Waals surface area contributed by atoms with Crippen molar-refractivity contribution in [2.75, 3.05) is 63.9 Å². The summed E-state index contributed by atoms with van der Waals surface area (Å²) < 4.78 is 60.4. The van der Waals surface area contributed by atoms with Crippen LogP contribution < -0.4 is 20.3 Å². The van der Waals surface area contributed by atoms with Crippen LogP contribution in [0.3, 0.4) is 0 Å². The van der Waals surface area contributed by atoms with Crippen molar-refractivity contribution >= 4 is 45.2 Å². The number of aromatic nitrogens is 3. The number of likely N-dealkylation sites (tertiary alicyclic amines) is 2. The molecule has 384 valence electrons. The lowest BCUT2D eigenvalue weighted by Gasteiger charge is -2.56. The molecule has 14 nitrogen and oxygen atoms in total. The molecule has 3 aromatic carbocycles. The standard InChI is InChI=1S/C56H63F3N8O6/c1-2-38-42(57)7-5-35-24-37(68)26-40(46(35)38)48-47(59)49-41(29-60-48)50(67-18-3-12-56(31-67)17-23-73-56)64-53(63-49)72-32-55(13-14-55)30-65-21-15-54(16-22-65)27-36(28-54)66-19-10-33(11-20-66)34-4-6-39(43(58)25-34)51(70)61-44-8-9-45(69)62-52(44)71/h4-7,24-26,29,33,36,44,68H,2-3,8-23,27-28,30-32H2,1H3,(H,61,70)(H,62,69,71)/t44?,56-/m0/s1. The van der Waals surface area contributed by atoms with Crippen molar-refractivity contribution in [3.05, 3.63) is 82.8 Å². The molecule has 7 fully saturated rings. The summed E-state index contributed by atoms with van der Waals surface area (Å²) in [6.45, 7) is 9.22. The SMILES string of the molecule is CCc1c(F)ccc2cc(O)cc(-c3ncc4c(N5CCC[C@]6(CCO6)C5)nc(OCC5(CN6CCC7(CC6)CC(N6CCC(c8ccc(C(=O)NC9CCC(=O)NC9=O)c(F)c8)CC6)C7)CC5)nc4c3F)c12. The summed E-state index contributed by atoms with van der Waals surface area (Å²) in [7, 11) is 0. The van der Waals surface area contributed by atoms with E-state index >= 15 is 13.2 Å². The van der Waals surface area contributed by atoms with Gasteiger partial charge in [-0.25, -0.2) is 13.2 Å². The van der Waals surface area contributed by atoms with Gasteiger partial charge < -0.3 is 34.6 Å². The number of phenols is 1. The Bertz CT molecular complexity index is 3010. The third-order valence-corrected chi connectivity index (χ3v) is 17.8. The molecule has 7 heterocycles. The average Bonchev–Trinajstić information content (AvgIpc) is 4.14. The fourth-order valence-corrected chi connectivity index (χ4v) is 13.2. The normalized spacial score (nSPS) is 24.4. The highest BCUT2D eigenvalue weighted by Crippen LogP contribution is 2.53. The third kappa shape index (κ3) is 9.17. The Morgan fingerprint density at radius 2 is 1.73 bits per heavy atom. The van der Waals surface area contributed by atoms with Crippen molar-refractivity contribution in [3.8, 4) is 23.0 Å². The van der Waals surface area contributed by atoms with E-state index in [0.717, 1.165) is 109 Å². The molecule has 17 heteroatoms. The summed E-state index contributed by atoms with van der Waals surface area (Å²) in [5, 5.41) is 17.1.